The fourth-order valence-corrected chi connectivity index (χ4v) is 4.02. The standard InChI is InChI=1S/C24H29N3O3/c1-18(28)24(20-7-5-4-6-8-20)13-15-27(16-14-24)22(29)17-25-23(30)19-9-11-21(12-10-19)26(2)3/h4-12H,13-17H2,1-3H3,(H,25,30). The molecule has 0 aromatic heterocycles. The highest BCUT2D eigenvalue weighted by molar-refractivity contribution is 5.96. The van der Waals surface area contributed by atoms with E-state index in [1.165, 1.54) is 0 Å². The molecule has 1 aliphatic rings. The molecule has 0 bridgehead atoms. The number of amides is 2. The number of likely N-dealkylation sites (tertiary alicyclic amines) is 1. The first-order valence-corrected chi connectivity index (χ1v) is 10.2. The number of ketones is 1. The van der Waals surface area contributed by atoms with Crippen molar-refractivity contribution in [3.05, 3.63) is 65.7 Å². The van der Waals surface area contributed by atoms with Crippen LogP contribution in [0.5, 0.6) is 0 Å². The van der Waals surface area contributed by atoms with Gasteiger partial charge in [-0.05, 0) is 49.6 Å². The molecular weight excluding hydrogens is 378 g/mol. The Kier molecular flexibility index (Phi) is 6.55. The number of hydrogen-bond donors (Lipinski definition) is 1. The number of carbonyl (C=O) groups is 3. The van der Waals surface area contributed by atoms with Crippen molar-refractivity contribution in [2.24, 2.45) is 0 Å². The van der Waals surface area contributed by atoms with Crippen LogP contribution in [-0.2, 0) is 15.0 Å². The molecule has 1 heterocycles. The van der Waals surface area contributed by atoms with Crippen molar-refractivity contribution < 1.29 is 14.4 Å². The summed E-state index contributed by atoms with van der Waals surface area (Å²) in [6.07, 6.45) is 1.19. The van der Waals surface area contributed by atoms with E-state index in [0.717, 1.165) is 11.3 Å². The summed E-state index contributed by atoms with van der Waals surface area (Å²) in [7, 11) is 3.87. The number of piperidine rings is 1. The second kappa shape index (κ2) is 9.11. The summed E-state index contributed by atoms with van der Waals surface area (Å²) in [6, 6.07) is 17.0. The van der Waals surface area contributed by atoms with Crippen LogP contribution in [-0.4, -0.2) is 56.2 Å². The Morgan fingerprint density at radius 1 is 0.967 bits per heavy atom. The Balaban J connectivity index is 1.56. The topological polar surface area (TPSA) is 69.7 Å². The highest BCUT2D eigenvalue weighted by Gasteiger charge is 2.41. The first-order valence-electron chi connectivity index (χ1n) is 10.2. The van der Waals surface area contributed by atoms with Crippen molar-refractivity contribution in [1.29, 1.82) is 0 Å². The van der Waals surface area contributed by atoms with E-state index in [-0.39, 0.29) is 24.1 Å². The first kappa shape index (κ1) is 21.6. The molecule has 0 aliphatic carbocycles. The Morgan fingerprint density at radius 3 is 2.10 bits per heavy atom. The van der Waals surface area contributed by atoms with Crippen molar-refractivity contribution in [1.82, 2.24) is 10.2 Å². The zero-order valence-corrected chi connectivity index (χ0v) is 17.9. The van der Waals surface area contributed by atoms with E-state index in [1.54, 1.807) is 24.0 Å². The van der Waals surface area contributed by atoms with E-state index in [4.69, 9.17) is 0 Å². The second-order valence-electron chi connectivity index (χ2n) is 8.01. The minimum Gasteiger partial charge on any atom is -0.378 e. The monoisotopic (exact) mass is 407 g/mol. The van der Waals surface area contributed by atoms with Gasteiger partial charge in [-0.1, -0.05) is 30.3 Å². The van der Waals surface area contributed by atoms with Crippen molar-refractivity contribution >= 4 is 23.3 Å². The van der Waals surface area contributed by atoms with Crippen molar-refractivity contribution in [2.75, 3.05) is 38.6 Å². The number of benzene rings is 2. The summed E-state index contributed by atoms with van der Waals surface area (Å²) >= 11 is 0. The molecule has 0 saturated carbocycles. The molecule has 3 rings (SSSR count). The summed E-state index contributed by atoms with van der Waals surface area (Å²) in [6.45, 7) is 2.58. The lowest BCUT2D eigenvalue weighted by Crippen LogP contribution is -2.50. The SMILES string of the molecule is CC(=O)C1(c2ccccc2)CCN(C(=O)CNC(=O)c2ccc(N(C)C)cc2)CC1. The van der Waals surface area contributed by atoms with Crippen LogP contribution in [0.15, 0.2) is 54.6 Å². The van der Waals surface area contributed by atoms with Gasteiger partial charge in [0, 0.05) is 38.4 Å². The third-order valence-corrected chi connectivity index (χ3v) is 6.02. The maximum Gasteiger partial charge on any atom is 0.251 e. The normalized spacial score (nSPS) is 15.4. The molecule has 6 heteroatoms. The number of Topliss-reactive ketones (excluding diaryl/α,β-unsaturated/α-hetero) is 1. The molecule has 1 N–H and O–H groups in total. The van der Waals surface area contributed by atoms with E-state index in [0.29, 0.717) is 31.5 Å². The number of nitrogens with zero attached hydrogens (tertiary/aromatic N) is 2. The van der Waals surface area contributed by atoms with E-state index in [9.17, 15) is 14.4 Å². The molecule has 0 radical (unpaired) electrons. The first-order chi connectivity index (χ1) is 14.3. The highest BCUT2D eigenvalue weighted by Crippen LogP contribution is 2.36. The molecular formula is C24H29N3O3. The Morgan fingerprint density at radius 2 is 1.57 bits per heavy atom. The van der Waals surface area contributed by atoms with Crippen LogP contribution in [0.1, 0.15) is 35.7 Å². The van der Waals surface area contributed by atoms with Crippen LogP contribution in [0.25, 0.3) is 0 Å². The maximum absolute atomic E-state index is 12.6. The zero-order valence-electron chi connectivity index (χ0n) is 17.9. The summed E-state index contributed by atoms with van der Waals surface area (Å²) in [5, 5.41) is 2.71. The van der Waals surface area contributed by atoms with Gasteiger partial charge in [0.25, 0.3) is 5.91 Å². The Hall–Kier alpha value is -3.15. The maximum atomic E-state index is 12.6. The molecule has 2 aromatic carbocycles. The lowest BCUT2D eigenvalue weighted by molar-refractivity contribution is -0.134. The van der Waals surface area contributed by atoms with E-state index in [2.05, 4.69) is 5.32 Å². The summed E-state index contributed by atoms with van der Waals surface area (Å²) in [4.78, 5) is 41.1. The van der Waals surface area contributed by atoms with Crippen LogP contribution in [0.2, 0.25) is 0 Å². The van der Waals surface area contributed by atoms with Crippen molar-refractivity contribution in [3.8, 4) is 0 Å². The van der Waals surface area contributed by atoms with E-state index < -0.39 is 5.41 Å². The van der Waals surface area contributed by atoms with Gasteiger partial charge in [-0.25, -0.2) is 0 Å². The van der Waals surface area contributed by atoms with Crippen LogP contribution >= 0.6 is 0 Å². The summed E-state index contributed by atoms with van der Waals surface area (Å²) in [5.41, 5.74) is 2.00. The van der Waals surface area contributed by atoms with Gasteiger partial charge in [-0.15, -0.1) is 0 Å². The second-order valence-corrected chi connectivity index (χ2v) is 8.01. The van der Waals surface area contributed by atoms with Gasteiger partial charge in [-0.3, -0.25) is 14.4 Å². The third kappa shape index (κ3) is 4.53. The average molecular weight is 408 g/mol. The van der Waals surface area contributed by atoms with Crippen LogP contribution in [0, 0.1) is 0 Å². The number of hydrogen-bond acceptors (Lipinski definition) is 4. The lowest BCUT2D eigenvalue weighted by Gasteiger charge is -2.40. The lowest BCUT2D eigenvalue weighted by atomic mass is 9.70. The molecule has 1 fully saturated rings. The smallest absolute Gasteiger partial charge is 0.251 e. The Bertz CT molecular complexity index is 899. The quantitative estimate of drug-likeness (QED) is 0.799. The largest absolute Gasteiger partial charge is 0.378 e. The van der Waals surface area contributed by atoms with Gasteiger partial charge < -0.3 is 15.1 Å². The predicted octanol–water partition coefficient (Wildman–Crippen LogP) is 2.63. The molecule has 30 heavy (non-hydrogen) atoms. The van der Waals surface area contributed by atoms with Crippen LogP contribution < -0.4 is 10.2 Å². The molecule has 6 nitrogen and oxygen atoms in total. The molecule has 0 unspecified atom stereocenters. The summed E-state index contributed by atoms with van der Waals surface area (Å²) in [5.74, 6) is -0.262. The van der Waals surface area contributed by atoms with Gasteiger partial charge in [0.2, 0.25) is 5.91 Å². The van der Waals surface area contributed by atoms with Crippen LogP contribution in [0.3, 0.4) is 0 Å². The highest BCUT2D eigenvalue weighted by atomic mass is 16.2. The van der Waals surface area contributed by atoms with Gasteiger partial charge >= 0.3 is 0 Å². The van der Waals surface area contributed by atoms with Gasteiger partial charge in [0.05, 0.1) is 12.0 Å². The minimum absolute atomic E-state index is 0.0489. The molecule has 2 aromatic rings. The average Bonchev–Trinajstić information content (AvgIpc) is 2.77. The Labute approximate surface area is 177 Å². The summed E-state index contributed by atoms with van der Waals surface area (Å²) < 4.78 is 0. The molecule has 0 spiro atoms. The van der Waals surface area contributed by atoms with Gasteiger partial charge in [-0.2, -0.15) is 0 Å². The number of carbonyl (C=O) groups excluding carboxylic acids is 3. The molecule has 2 amide bonds. The number of nitrogens with one attached hydrogen (secondary N) is 1. The van der Waals surface area contributed by atoms with E-state index in [1.807, 2.05) is 61.5 Å². The third-order valence-electron chi connectivity index (χ3n) is 6.02. The van der Waals surface area contributed by atoms with Gasteiger partial charge in [0.15, 0.2) is 0 Å². The molecule has 1 saturated heterocycles. The fraction of sp³-hybridized carbons (Fsp3) is 0.375. The van der Waals surface area contributed by atoms with Crippen molar-refractivity contribution in [2.45, 2.75) is 25.2 Å². The van der Waals surface area contributed by atoms with E-state index >= 15 is 0 Å². The predicted molar refractivity (Wildman–Crippen MR) is 118 cm³/mol. The number of rotatable bonds is 6. The van der Waals surface area contributed by atoms with Crippen molar-refractivity contribution in [3.63, 3.8) is 0 Å². The van der Waals surface area contributed by atoms with Gasteiger partial charge in [0.1, 0.15) is 5.78 Å². The number of anilines is 1. The molecule has 1 aliphatic heterocycles. The zero-order chi connectivity index (χ0) is 21.7. The van der Waals surface area contributed by atoms with Crippen LogP contribution in [0.4, 0.5) is 5.69 Å². The minimum atomic E-state index is -0.532. The molecule has 0 atom stereocenters. The molecule has 158 valence electrons. The fourth-order valence-electron chi connectivity index (χ4n) is 4.02.